The Bertz CT molecular complexity index is 1340. The van der Waals surface area contributed by atoms with Gasteiger partial charge in [-0.25, -0.2) is 9.13 Å². The van der Waals surface area contributed by atoms with E-state index in [1.54, 1.807) is 0 Å². The molecule has 16 nitrogen and oxygen atoms in total. The molecule has 4 unspecified atom stereocenters. The van der Waals surface area contributed by atoms with Crippen LogP contribution in [0.5, 0.6) is 0 Å². The molecule has 1 aliphatic carbocycles. The van der Waals surface area contributed by atoms with Crippen molar-refractivity contribution in [2.75, 3.05) is 19.0 Å². The van der Waals surface area contributed by atoms with Crippen LogP contribution in [0.2, 0.25) is 0 Å². The predicted molar refractivity (Wildman–Crippen MR) is 258 cm³/mol. The summed E-state index contributed by atoms with van der Waals surface area (Å²) in [7, 11) is -10.3. The van der Waals surface area contributed by atoms with Crippen molar-refractivity contribution in [2.45, 2.75) is 256 Å². The molecular formula is C47H90O16P2S. The van der Waals surface area contributed by atoms with Gasteiger partial charge >= 0.3 is 27.6 Å². The summed E-state index contributed by atoms with van der Waals surface area (Å²) in [6.45, 7) is 4.85. The maximum atomic E-state index is 13.0. The quantitative estimate of drug-likeness (QED) is 0.0189. The van der Waals surface area contributed by atoms with E-state index in [-0.39, 0.29) is 13.0 Å². The minimum Gasteiger partial charge on any atom is -0.466 e. The Morgan fingerprint density at radius 3 is 1.48 bits per heavy atom. The van der Waals surface area contributed by atoms with E-state index in [4.69, 9.17) is 18.5 Å². The van der Waals surface area contributed by atoms with Gasteiger partial charge in [0.15, 0.2) is 5.12 Å². The van der Waals surface area contributed by atoms with Gasteiger partial charge in [-0.05, 0) is 25.7 Å². The average molecular weight is 1010 g/mol. The van der Waals surface area contributed by atoms with E-state index in [1.807, 2.05) is 6.92 Å². The number of aliphatic hydroxyl groups excluding tert-OH is 3. The Balaban J connectivity index is 2.49. The number of carbonyl (C=O) groups is 3. The Kier molecular flexibility index (Phi) is 37.1. The molecule has 0 heterocycles. The first kappa shape index (κ1) is 63.1. The highest BCUT2D eigenvalue weighted by molar-refractivity contribution is 8.13. The Labute approximate surface area is 401 Å². The number of hydrogen-bond acceptors (Lipinski definition) is 14. The van der Waals surface area contributed by atoms with Crippen molar-refractivity contribution in [3.8, 4) is 0 Å². The molecule has 0 saturated heterocycles. The van der Waals surface area contributed by atoms with Crippen molar-refractivity contribution in [1.29, 1.82) is 0 Å². The van der Waals surface area contributed by atoms with Crippen molar-refractivity contribution in [3.05, 3.63) is 0 Å². The first-order valence-electron chi connectivity index (χ1n) is 25.5. The molecule has 1 fully saturated rings. The zero-order chi connectivity index (χ0) is 49.1. The van der Waals surface area contributed by atoms with Crippen molar-refractivity contribution in [2.24, 2.45) is 5.92 Å². The second-order valence-corrected chi connectivity index (χ2v) is 21.9. The molecule has 0 aromatic heterocycles. The molecule has 1 saturated carbocycles. The highest BCUT2D eigenvalue weighted by Gasteiger charge is 2.52. The van der Waals surface area contributed by atoms with Crippen LogP contribution in [-0.2, 0) is 46.6 Å². The molecule has 19 heteroatoms. The van der Waals surface area contributed by atoms with Gasteiger partial charge in [0.1, 0.15) is 30.5 Å². The lowest BCUT2D eigenvalue weighted by Gasteiger charge is -2.44. The number of rotatable bonds is 43. The minimum absolute atomic E-state index is 0.0645. The van der Waals surface area contributed by atoms with Crippen molar-refractivity contribution in [3.63, 3.8) is 0 Å². The molecule has 8 atom stereocenters. The minimum atomic E-state index is -5.18. The molecule has 0 bridgehead atoms. The molecule has 0 spiro atoms. The third kappa shape index (κ3) is 32.8. The summed E-state index contributed by atoms with van der Waals surface area (Å²) in [5, 5.41) is 32.0. The molecule has 0 aromatic carbocycles. The van der Waals surface area contributed by atoms with E-state index in [0.717, 1.165) is 70.0 Å². The van der Waals surface area contributed by atoms with E-state index in [9.17, 15) is 53.5 Å². The highest BCUT2D eigenvalue weighted by Crippen LogP contribution is 2.49. The number of ether oxygens (including phenoxy) is 2. The number of hydrogen-bond donors (Lipinski definition) is 6. The third-order valence-corrected chi connectivity index (χ3v) is 14.6. The first-order chi connectivity index (χ1) is 31.5. The summed E-state index contributed by atoms with van der Waals surface area (Å²) in [5.41, 5.74) is 0. The fraction of sp³-hybridized carbons (Fsp3) is 0.936. The van der Waals surface area contributed by atoms with Crippen molar-refractivity contribution in [1.82, 2.24) is 0 Å². The van der Waals surface area contributed by atoms with Gasteiger partial charge in [-0.1, -0.05) is 187 Å². The lowest BCUT2D eigenvalue weighted by Crippen LogP contribution is -2.61. The topological polar surface area (TPSA) is 253 Å². The third-order valence-electron chi connectivity index (χ3n) is 12.0. The van der Waals surface area contributed by atoms with E-state index >= 15 is 0 Å². The monoisotopic (exact) mass is 1000 g/mol. The summed E-state index contributed by atoms with van der Waals surface area (Å²) in [6.07, 6.45) is 20.7. The fourth-order valence-corrected chi connectivity index (χ4v) is 10.6. The van der Waals surface area contributed by atoms with Crippen LogP contribution in [-0.4, -0.2) is 103 Å². The standard InChI is InChI=1S/C47H90O16P2S/c1-4-6-7-8-9-10-11-14-17-20-23-26-29-33-40(48)61-39(37-60-65(57,58)63-47-43(51)38(3)46(44(52)45(47)53)62-64(54,55)56)36-41(49)59-34-30-27-24-21-18-15-12-13-16-19-22-25-28-31-35-66-42(50)32-5-2/h38-39,43-47,51-53H,4-37H2,1-3H3,(H,57,58)(H2,54,55,56)/t38-,39-,43+,44+,45?,46?,47?/m1/s1. The van der Waals surface area contributed by atoms with Gasteiger partial charge in [-0.3, -0.25) is 28.0 Å². The average Bonchev–Trinajstić information content (AvgIpc) is 3.26. The van der Waals surface area contributed by atoms with E-state index < -0.39 is 83.2 Å². The molecule has 0 amide bonds. The van der Waals surface area contributed by atoms with Gasteiger partial charge in [-0.15, -0.1) is 0 Å². The van der Waals surface area contributed by atoms with Crippen LogP contribution >= 0.6 is 27.4 Å². The summed E-state index contributed by atoms with van der Waals surface area (Å²) < 4.78 is 50.0. The number of phosphoric ester groups is 2. The van der Waals surface area contributed by atoms with Gasteiger partial charge in [0.05, 0.1) is 25.7 Å². The number of thioether (sulfide) groups is 1. The highest BCUT2D eigenvalue weighted by atomic mass is 32.2. The Morgan fingerprint density at radius 2 is 1.00 bits per heavy atom. The van der Waals surface area contributed by atoms with Crippen LogP contribution in [0.25, 0.3) is 0 Å². The zero-order valence-corrected chi connectivity index (χ0v) is 43.3. The summed E-state index contributed by atoms with van der Waals surface area (Å²) in [4.78, 5) is 66.2. The maximum absolute atomic E-state index is 13.0. The molecule has 0 radical (unpaired) electrons. The Hall–Kier alpha value is -0.940. The van der Waals surface area contributed by atoms with E-state index in [0.29, 0.717) is 24.4 Å². The normalized spacial score (nSPS) is 21.3. The molecule has 1 rings (SSSR count). The number of aliphatic hydroxyl groups is 3. The molecule has 390 valence electrons. The van der Waals surface area contributed by atoms with Crippen molar-refractivity contribution >= 4 is 44.5 Å². The SMILES string of the molecule is CCCCCCCCCCCCCCCC(=O)O[C@@H](COP(=O)(O)OC1C(O)[C@H](O)C(OP(=O)(O)O)[C@H](C)[C@@H]1O)CC(=O)OCCCCCCCCCCCCCCCCSC(=O)CCC. The fourth-order valence-electron chi connectivity index (χ4n) is 8.08. The van der Waals surface area contributed by atoms with Gasteiger partial charge in [0, 0.05) is 24.5 Å². The number of carbonyl (C=O) groups excluding carboxylic acids is 3. The lowest BCUT2D eigenvalue weighted by atomic mass is 9.79. The van der Waals surface area contributed by atoms with Crippen LogP contribution in [0, 0.1) is 5.92 Å². The zero-order valence-electron chi connectivity index (χ0n) is 40.7. The molecule has 1 aliphatic rings. The molecule has 6 N–H and O–H groups in total. The van der Waals surface area contributed by atoms with Crippen LogP contribution in [0.1, 0.15) is 220 Å². The maximum Gasteiger partial charge on any atom is 0.472 e. The van der Waals surface area contributed by atoms with Crippen LogP contribution in [0.4, 0.5) is 0 Å². The number of phosphoric acid groups is 2. The summed E-state index contributed by atoms with van der Waals surface area (Å²) in [6, 6.07) is 0. The van der Waals surface area contributed by atoms with Crippen LogP contribution in [0.3, 0.4) is 0 Å². The van der Waals surface area contributed by atoms with Crippen LogP contribution < -0.4 is 0 Å². The Morgan fingerprint density at radius 1 is 0.545 bits per heavy atom. The predicted octanol–water partition coefficient (Wildman–Crippen LogP) is 10.5. The molecular weight excluding hydrogens is 915 g/mol. The first-order valence-corrected chi connectivity index (χ1v) is 29.5. The van der Waals surface area contributed by atoms with E-state index in [1.165, 1.54) is 121 Å². The number of esters is 2. The molecule has 0 aliphatic heterocycles. The van der Waals surface area contributed by atoms with Crippen LogP contribution in [0.15, 0.2) is 0 Å². The second-order valence-electron chi connectivity index (χ2n) is 18.2. The summed E-state index contributed by atoms with van der Waals surface area (Å²) >= 11 is 1.48. The van der Waals surface area contributed by atoms with Gasteiger partial charge < -0.3 is 39.5 Å². The lowest BCUT2D eigenvalue weighted by molar-refractivity contribution is -0.193. The van der Waals surface area contributed by atoms with Gasteiger partial charge in [0.25, 0.3) is 0 Å². The largest absolute Gasteiger partial charge is 0.472 e. The number of unbranched alkanes of at least 4 members (excludes halogenated alkanes) is 25. The molecule has 0 aromatic rings. The second kappa shape index (κ2) is 38.8. The van der Waals surface area contributed by atoms with Gasteiger partial charge in [-0.2, -0.15) is 0 Å². The smallest absolute Gasteiger partial charge is 0.466 e. The van der Waals surface area contributed by atoms with Crippen molar-refractivity contribution < 1.29 is 76.6 Å². The molecule has 66 heavy (non-hydrogen) atoms. The summed E-state index contributed by atoms with van der Waals surface area (Å²) in [5.74, 6) is -1.66. The van der Waals surface area contributed by atoms with E-state index in [2.05, 4.69) is 11.4 Å². The van der Waals surface area contributed by atoms with Gasteiger partial charge in [0.2, 0.25) is 0 Å².